The Morgan fingerprint density at radius 2 is 1.78 bits per heavy atom. The number of carbonyl (C=O) groups is 1. The van der Waals surface area contributed by atoms with Gasteiger partial charge in [-0.1, -0.05) is 18.6 Å². The zero-order chi connectivity index (χ0) is 19.4. The average Bonchev–Trinajstić information content (AvgIpc) is 2.66. The first-order valence-electron chi connectivity index (χ1n) is 8.63. The minimum Gasteiger partial charge on any atom is -0.322 e. The van der Waals surface area contributed by atoms with Crippen molar-refractivity contribution in [3.63, 3.8) is 0 Å². The van der Waals surface area contributed by atoms with Crippen molar-refractivity contribution in [3.05, 3.63) is 58.8 Å². The summed E-state index contributed by atoms with van der Waals surface area (Å²) in [5, 5.41) is 2.37. The van der Waals surface area contributed by atoms with Crippen molar-refractivity contribution in [2.75, 3.05) is 18.4 Å². The Kier molecular flexibility index (Phi) is 5.71. The third-order valence-corrected chi connectivity index (χ3v) is 6.25. The zero-order valence-electron chi connectivity index (χ0n) is 14.6. The number of nitrogens with one attached hydrogen (secondary N) is 1. The molecule has 1 aliphatic heterocycles. The van der Waals surface area contributed by atoms with E-state index in [0.717, 1.165) is 36.1 Å². The summed E-state index contributed by atoms with van der Waals surface area (Å²) in [4.78, 5) is 24.1. The van der Waals surface area contributed by atoms with Crippen LogP contribution in [0.15, 0.2) is 52.3 Å². The molecule has 1 aromatic heterocycles. The van der Waals surface area contributed by atoms with Crippen LogP contribution in [0.4, 0.5) is 10.1 Å². The highest BCUT2D eigenvalue weighted by Crippen LogP contribution is 2.19. The van der Waals surface area contributed by atoms with Gasteiger partial charge in [0.05, 0.1) is 10.6 Å². The van der Waals surface area contributed by atoms with E-state index in [1.165, 1.54) is 28.6 Å². The molecule has 0 atom stereocenters. The van der Waals surface area contributed by atoms with Crippen molar-refractivity contribution in [1.82, 2.24) is 8.87 Å². The van der Waals surface area contributed by atoms with Crippen LogP contribution in [-0.4, -0.2) is 36.3 Å². The van der Waals surface area contributed by atoms with Gasteiger partial charge in [0.1, 0.15) is 12.4 Å². The van der Waals surface area contributed by atoms with E-state index in [1.807, 2.05) is 0 Å². The van der Waals surface area contributed by atoms with E-state index in [1.54, 1.807) is 6.07 Å². The molecule has 1 aromatic carbocycles. The Balaban J connectivity index is 1.80. The predicted octanol–water partition coefficient (Wildman–Crippen LogP) is 1.80. The number of benzene rings is 1. The zero-order valence-corrected chi connectivity index (χ0v) is 15.4. The lowest BCUT2D eigenvalue weighted by molar-refractivity contribution is -0.116. The third-order valence-electron chi connectivity index (χ3n) is 4.37. The molecule has 1 fully saturated rings. The Labute approximate surface area is 156 Å². The Hall–Kier alpha value is -2.52. The van der Waals surface area contributed by atoms with Crippen LogP contribution >= 0.6 is 0 Å². The SMILES string of the molecule is O=C(Cn1cc(S(=O)(=O)N2CCCCC2)ccc1=O)Nc1ccccc1F. The van der Waals surface area contributed by atoms with E-state index in [2.05, 4.69) is 5.32 Å². The number of amides is 1. The van der Waals surface area contributed by atoms with Gasteiger partial charge in [0.2, 0.25) is 15.9 Å². The molecule has 1 amide bonds. The number of halogens is 1. The van der Waals surface area contributed by atoms with E-state index in [0.29, 0.717) is 13.1 Å². The van der Waals surface area contributed by atoms with Gasteiger partial charge in [-0.3, -0.25) is 9.59 Å². The van der Waals surface area contributed by atoms with Crippen molar-refractivity contribution < 1.29 is 17.6 Å². The maximum absolute atomic E-state index is 13.6. The second-order valence-corrected chi connectivity index (χ2v) is 8.26. The summed E-state index contributed by atoms with van der Waals surface area (Å²) in [5.74, 6) is -1.23. The van der Waals surface area contributed by atoms with Gasteiger partial charge < -0.3 is 9.88 Å². The van der Waals surface area contributed by atoms with Crippen molar-refractivity contribution in [1.29, 1.82) is 0 Å². The molecule has 0 saturated carbocycles. The summed E-state index contributed by atoms with van der Waals surface area (Å²) in [5.41, 5.74) is -0.524. The molecule has 7 nitrogen and oxygen atoms in total. The van der Waals surface area contributed by atoms with Crippen molar-refractivity contribution in [2.45, 2.75) is 30.7 Å². The summed E-state index contributed by atoms with van der Waals surface area (Å²) in [6.07, 6.45) is 3.74. The van der Waals surface area contributed by atoms with E-state index in [9.17, 15) is 22.4 Å². The van der Waals surface area contributed by atoms with E-state index in [4.69, 9.17) is 0 Å². The van der Waals surface area contributed by atoms with Crippen LogP contribution in [0.2, 0.25) is 0 Å². The quantitative estimate of drug-likeness (QED) is 0.839. The van der Waals surface area contributed by atoms with Crippen molar-refractivity contribution in [3.8, 4) is 0 Å². The van der Waals surface area contributed by atoms with E-state index >= 15 is 0 Å². The van der Waals surface area contributed by atoms with Crippen LogP contribution in [0.1, 0.15) is 19.3 Å². The highest BCUT2D eigenvalue weighted by molar-refractivity contribution is 7.89. The van der Waals surface area contributed by atoms with Gasteiger partial charge in [0.15, 0.2) is 0 Å². The first-order chi connectivity index (χ1) is 12.9. The first-order valence-corrected chi connectivity index (χ1v) is 10.1. The number of hydrogen-bond donors (Lipinski definition) is 1. The van der Waals surface area contributed by atoms with Gasteiger partial charge in [-0.15, -0.1) is 0 Å². The summed E-state index contributed by atoms with van der Waals surface area (Å²) in [7, 11) is -3.72. The van der Waals surface area contributed by atoms with Gasteiger partial charge in [0.25, 0.3) is 5.56 Å². The summed E-state index contributed by atoms with van der Waals surface area (Å²) in [6, 6.07) is 8.02. The molecule has 27 heavy (non-hydrogen) atoms. The van der Waals surface area contributed by atoms with Gasteiger partial charge in [-0.05, 0) is 31.0 Å². The monoisotopic (exact) mass is 393 g/mol. The first kappa shape index (κ1) is 19.2. The number of pyridine rings is 1. The van der Waals surface area contributed by atoms with Crippen LogP contribution < -0.4 is 10.9 Å². The largest absolute Gasteiger partial charge is 0.322 e. The van der Waals surface area contributed by atoms with Crippen LogP contribution in [0.5, 0.6) is 0 Å². The summed E-state index contributed by atoms with van der Waals surface area (Å²) < 4.78 is 41.5. The minimum atomic E-state index is -3.72. The predicted molar refractivity (Wildman–Crippen MR) is 98.3 cm³/mol. The number of anilines is 1. The summed E-state index contributed by atoms with van der Waals surface area (Å²) >= 11 is 0. The fourth-order valence-electron chi connectivity index (χ4n) is 2.95. The average molecular weight is 393 g/mol. The van der Waals surface area contributed by atoms with Gasteiger partial charge >= 0.3 is 0 Å². The third kappa shape index (κ3) is 4.42. The Bertz CT molecular complexity index is 998. The Morgan fingerprint density at radius 1 is 1.07 bits per heavy atom. The lowest BCUT2D eigenvalue weighted by Crippen LogP contribution is -2.36. The van der Waals surface area contributed by atoms with Gasteiger partial charge in [-0.2, -0.15) is 4.31 Å². The van der Waals surface area contributed by atoms with Gasteiger partial charge in [-0.25, -0.2) is 12.8 Å². The van der Waals surface area contributed by atoms with Crippen LogP contribution in [-0.2, 0) is 21.4 Å². The maximum Gasteiger partial charge on any atom is 0.251 e. The molecule has 1 saturated heterocycles. The maximum atomic E-state index is 13.6. The second kappa shape index (κ2) is 8.01. The van der Waals surface area contributed by atoms with Crippen LogP contribution in [0, 0.1) is 5.82 Å². The molecule has 0 aliphatic carbocycles. The number of piperidine rings is 1. The minimum absolute atomic E-state index is 0.00681. The standard InChI is InChI=1S/C18H20FN3O4S/c19-15-6-2-3-7-16(15)20-17(23)13-21-12-14(8-9-18(21)24)27(25,26)22-10-4-1-5-11-22/h2-3,6-9,12H,1,4-5,10-11,13H2,(H,20,23). The lowest BCUT2D eigenvalue weighted by atomic mass is 10.2. The number of aromatic nitrogens is 1. The molecule has 0 spiro atoms. The van der Waals surface area contributed by atoms with Crippen LogP contribution in [0.25, 0.3) is 0 Å². The number of rotatable bonds is 5. The Morgan fingerprint density at radius 3 is 2.48 bits per heavy atom. The van der Waals surface area contributed by atoms with E-state index in [-0.39, 0.29) is 10.6 Å². The molecule has 0 bridgehead atoms. The fraction of sp³-hybridized carbons (Fsp3) is 0.333. The molecule has 144 valence electrons. The molecule has 9 heteroatoms. The topological polar surface area (TPSA) is 88.5 Å². The number of para-hydroxylation sites is 1. The number of hydrogen-bond acceptors (Lipinski definition) is 4. The molecule has 2 heterocycles. The van der Waals surface area contributed by atoms with Gasteiger partial charge in [0, 0.05) is 25.4 Å². The summed E-state index contributed by atoms with van der Waals surface area (Å²) in [6.45, 7) is 0.459. The van der Waals surface area contributed by atoms with Crippen molar-refractivity contribution in [2.24, 2.45) is 0 Å². The van der Waals surface area contributed by atoms with Crippen LogP contribution in [0.3, 0.4) is 0 Å². The number of carbonyl (C=O) groups excluding carboxylic acids is 1. The highest BCUT2D eigenvalue weighted by Gasteiger charge is 2.26. The second-order valence-electron chi connectivity index (χ2n) is 6.32. The number of nitrogens with zero attached hydrogens (tertiary/aromatic N) is 2. The molecule has 0 radical (unpaired) electrons. The van der Waals surface area contributed by atoms with Crippen molar-refractivity contribution >= 4 is 21.6 Å². The lowest BCUT2D eigenvalue weighted by Gasteiger charge is -2.26. The fourth-order valence-corrected chi connectivity index (χ4v) is 4.48. The molecule has 2 aromatic rings. The molecular weight excluding hydrogens is 373 g/mol. The smallest absolute Gasteiger partial charge is 0.251 e. The normalized spacial score (nSPS) is 15.4. The molecule has 1 aliphatic rings. The molecular formula is C18H20FN3O4S. The molecule has 0 unspecified atom stereocenters. The highest BCUT2D eigenvalue weighted by atomic mass is 32.2. The van der Waals surface area contributed by atoms with E-state index < -0.39 is 33.9 Å². The number of sulfonamides is 1. The molecule has 3 rings (SSSR count). The molecule has 1 N–H and O–H groups in total.